The average Bonchev–Trinajstić information content (AvgIpc) is 2.30. The lowest BCUT2D eigenvalue weighted by Gasteiger charge is -2.16. The summed E-state index contributed by atoms with van der Waals surface area (Å²) < 4.78 is 26.3. The normalized spacial score (nSPS) is 10.8. The monoisotopic (exact) mass is 228 g/mol. The van der Waals surface area contributed by atoms with Gasteiger partial charge in [0.05, 0.1) is 7.85 Å². The van der Waals surface area contributed by atoms with Gasteiger partial charge in [-0.2, -0.15) is 0 Å². The van der Waals surface area contributed by atoms with Crippen molar-refractivity contribution in [1.29, 1.82) is 0 Å². The molecule has 0 fully saturated rings. The summed E-state index contributed by atoms with van der Waals surface area (Å²) in [5, 5.41) is 0. The molecule has 0 saturated carbocycles. The smallest absolute Gasteiger partial charge is 0.123 e. The number of hydrogen-bond acceptors (Lipinski definition) is 0. The van der Waals surface area contributed by atoms with E-state index in [2.05, 4.69) is 0 Å². The van der Waals surface area contributed by atoms with Gasteiger partial charge in [0.25, 0.3) is 0 Å². The van der Waals surface area contributed by atoms with Gasteiger partial charge < -0.3 is 0 Å². The third-order valence-electron chi connectivity index (χ3n) is 2.74. The molecule has 0 aliphatic heterocycles. The molecule has 0 aliphatic carbocycles. The van der Waals surface area contributed by atoms with Gasteiger partial charge in [0.15, 0.2) is 0 Å². The first kappa shape index (κ1) is 11.8. The Balaban J connectivity index is 2.40. The molecule has 2 radical (unpaired) electrons. The Hall–Kier alpha value is -1.64. The van der Waals surface area contributed by atoms with Gasteiger partial charge in [-0.3, -0.25) is 0 Å². The summed E-state index contributed by atoms with van der Waals surface area (Å²) in [6.45, 7) is 0. The van der Waals surface area contributed by atoms with Crippen LogP contribution in [0.15, 0.2) is 48.5 Å². The number of hydrogen-bond donors (Lipinski definition) is 0. The first-order valence-corrected chi connectivity index (χ1v) is 5.41. The Morgan fingerprint density at radius 2 is 1.35 bits per heavy atom. The minimum atomic E-state index is -0.308. The fraction of sp³-hybridized carbons (Fsp3) is 0.143. The summed E-state index contributed by atoms with van der Waals surface area (Å²) in [6, 6.07) is 12.5. The zero-order valence-electron chi connectivity index (χ0n) is 9.24. The fourth-order valence-corrected chi connectivity index (χ4v) is 1.91. The summed E-state index contributed by atoms with van der Waals surface area (Å²) in [6.07, 6.45) is 0.312. The molecule has 0 amide bonds. The highest BCUT2D eigenvalue weighted by atomic mass is 19.1. The molecule has 0 saturated heterocycles. The Labute approximate surface area is 101 Å². The van der Waals surface area contributed by atoms with Crippen molar-refractivity contribution in [3.63, 3.8) is 0 Å². The van der Waals surface area contributed by atoms with Crippen molar-refractivity contribution in [2.75, 3.05) is 0 Å². The van der Waals surface area contributed by atoms with E-state index in [1.165, 1.54) is 24.3 Å². The van der Waals surface area contributed by atoms with Gasteiger partial charge >= 0.3 is 0 Å². The fourth-order valence-electron chi connectivity index (χ4n) is 1.91. The molecule has 2 rings (SSSR count). The van der Waals surface area contributed by atoms with Crippen LogP contribution in [0.1, 0.15) is 17.0 Å². The van der Waals surface area contributed by atoms with Crippen LogP contribution in [-0.2, 0) is 0 Å². The van der Waals surface area contributed by atoms with Gasteiger partial charge in [0.2, 0.25) is 0 Å². The highest BCUT2D eigenvalue weighted by Crippen LogP contribution is 2.28. The second kappa shape index (κ2) is 5.13. The van der Waals surface area contributed by atoms with E-state index in [9.17, 15) is 8.78 Å². The summed E-state index contributed by atoms with van der Waals surface area (Å²) in [4.78, 5) is 0. The Kier molecular flexibility index (Phi) is 3.57. The molecule has 0 heterocycles. The predicted octanol–water partition coefficient (Wildman–Crippen LogP) is 3.68. The Morgan fingerprint density at radius 1 is 0.882 bits per heavy atom. The molecule has 0 atom stereocenters. The molecule has 0 N–H and O–H groups in total. The van der Waals surface area contributed by atoms with Crippen LogP contribution < -0.4 is 0 Å². The molecule has 0 aliphatic rings. The van der Waals surface area contributed by atoms with Crippen LogP contribution in [0, 0.1) is 11.6 Å². The third kappa shape index (κ3) is 2.73. The quantitative estimate of drug-likeness (QED) is 0.703. The predicted molar refractivity (Wildman–Crippen MR) is 65.2 cm³/mol. The molecule has 0 aromatic heterocycles. The highest BCUT2D eigenvalue weighted by molar-refractivity contribution is 6.09. The van der Waals surface area contributed by atoms with E-state index in [-0.39, 0.29) is 17.6 Å². The molecule has 0 bridgehead atoms. The van der Waals surface area contributed by atoms with Crippen molar-refractivity contribution in [1.82, 2.24) is 0 Å². The van der Waals surface area contributed by atoms with Crippen LogP contribution in [0.4, 0.5) is 8.78 Å². The van der Waals surface area contributed by atoms with Gasteiger partial charge in [0.1, 0.15) is 11.6 Å². The van der Waals surface area contributed by atoms with Crippen molar-refractivity contribution < 1.29 is 8.78 Å². The highest BCUT2D eigenvalue weighted by Gasteiger charge is 2.12. The van der Waals surface area contributed by atoms with E-state index >= 15 is 0 Å². The maximum Gasteiger partial charge on any atom is 0.123 e. The van der Waals surface area contributed by atoms with Gasteiger partial charge in [-0.05, 0) is 35.4 Å². The van der Waals surface area contributed by atoms with Crippen LogP contribution >= 0.6 is 0 Å². The topological polar surface area (TPSA) is 0 Å². The third-order valence-corrected chi connectivity index (χ3v) is 2.74. The second-order valence-corrected chi connectivity index (χ2v) is 3.90. The van der Waals surface area contributed by atoms with Crippen molar-refractivity contribution in [2.45, 2.75) is 12.2 Å². The summed E-state index contributed by atoms with van der Waals surface area (Å²) >= 11 is 0. The summed E-state index contributed by atoms with van der Waals surface area (Å²) in [5.74, 6) is -0.795. The van der Waals surface area contributed by atoms with Crippen LogP contribution in [0.3, 0.4) is 0 Å². The molecule has 0 spiro atoms. The van der Waals surface area contributed by atoms with Gasteiger partial charge in [-0.25, -0.2) is 8.78 Å². The summed E-state index contributed by atoms with van der Waals surface area (Å²) in [5.41, 5.74) is 1.52. The Bertz CT molecular complexity index is 466. The van der Waals surface area contributed by atoms with Crippen LogP contribution in [0.5, 0.6) is 0 Å². The Morgan fingerprint density at radius 3 is 1.71 bits per heavy atom. The standard InChI is InChI=1S/C14H11BF2/c15-9-14(10-3-1-5-12(16)7-10)11-4-2-6-13(17)8-11/h1-8,14H,9H2. The van der Waals surface area contributed by atoms with Crippen molar-refractivity contribution in [3.8, 4) is 0 Å². The van der Waals surface area contributed by atoms with E-state index in [4.69, 9.17) is 7.85 Å². The number of rotatable bonds is 3. The molecule has 0 nitrogen and oxygen atoms in total. The van der Waals surface area contributed by atoms with E-state index in [1.54, 1.807) is 24.3 Å². The van der Waals surface area contributed by atoms with Crippen LogP contribution in [0.25, 0.3) is 0 Å². The SMILES string of the molecule is [B]CC(c1cccc(F)c1)c1cccc(F)c1. The van der Waals surface area contributed by atoms with Gasteiger partial charge in [0, 0.05) is 5.92 Å². The van der Waals surface area contributed by atoms with Crippen LogP contribution in [0.2, 0.25) is 6.32 Å². The first-order chi connectivity index (χ1) is 8.20. The first-order valence-electron chi connectivity index (χ1n) is 5.41. The maximum absolute atomic E-state index is 13.1. The minimum Gasteiger partial charge on any atom is -0.207 e. The number of halogens is 2. The lowest BCUT2D eigenvalue weighted by Crippen LogP contribution is -2.01. The molecule has 2 aromatic rings. The van der Waals surface area contributed by atoms with E-state index in [0.29, 0.717) is 6.32 Å². The van der Waals surface area contributed by atoms with Crippen molar-refractivity contribution >= 4 is 7.85 Å². The number of benzene rings is 2. The van der Waals surface area contributed by atoms with Gasteiger partial charge in [-0.1, -0.05) is 30.6 Å². The molecule has 2 aromatic carbocycles. The zero-order chi connectivity index (χ0) is 12.3. The molecular weight excluding hydrogens is 217 g/mol. The van der Waals surface area contributed by atoms with Gasteiger partial charge in [-0.15, -0.1) is 0 Å². The van der Waals surface area contributed by atoms with Crippen LogP contribution in [-0.4, -0.2) is 7.85 Å². The largest absolute Gasteiger partial charge is 0.207 e. The molecule has 84 valence electrons. The maximum atomic E-state index is 13.1. The average molecular weight is 228 g/mol. The second-order valence-electron chi connectivity index (χ2n) is 3.90. The summed E-state index contributed by atoms with van der Waals surface area (Å²) in [7, 11) is 5.69. The van der Waals surface area contributed by atoms with Crippen molar-refractivity contribution in [2.24, 2.45) is 0 Å². The molecule has 0 unspecified atom stereocenters. The van der Waals surface area contributed by atoms with E-state index in [1.807, 2.05) is 0 Å². The van der Waals surface area contributed by atoms with E-state index < -0.39 is 0 Å². The minimum absolute atomic E-state index is 0.179. The molecule has 17 heavy (non-hydrogen) atoms. The van der Waals surface area contributed by atoms with Crippen molar-refractivity contribution in [3.05, 3.63) is 71.3 Å². The lowest BCUT2D eigenvalue weighted by atomic mass is 9.81. The molecule has 3 heteroatoms. The molecular formula is C14H11BF2. The zero-order valence-corrected chi connectivity index (χ0v) is 9.24. The lowest BCUT2D eigenvalue weighted by molar-refractivity contribution is 0.621. The van der Waals surface area contributed by atoms with E-state index in [0.717, 1.165) is 11.1 Å².